The number of halogens is 1. The van der Waals surface area contributed by atoms with E-state index in [-0.39, 0.29) is 5.82 Å². The van der Waals surface area contributed by atoms with Crippen LogP contribution in [0.2, 0.25) is 5.02 Å². The van der Waals surface area contributed by atoms with Gasteiger partial charge in [-0.05, 0) is 43.3 Å². The quantitative estimate of drug-likeness (QED) is 0.465. The summed E-state index contributed by atoms with van der Waals surface area (Å²) in [7, 11) is 0. The van der Waals surface area contributed by atoms with Gasteiger partial charge in [0.15, 0.2) is 5.82 Å². The fourth-order valence-electron chi connectivity index (χ4n) is 2.96. The molecule has 7 heteroatoms. The van der Waals surface area contributed by atoms with E-state index >= 15 is 0 Å². The lowest BCUT2D eigenvalue weighted by Gasteiger charge is -2.07. The zero-order valence-electron chi connectivity index (χ0n) is 16.2. The first-order chi connectivity index (χ1) is 14.7. The van der Waals surface area contributed by atoms with E-state index in [2.05, 4.69) is 15.4 Å². The summed E-state index contributed by atoms with van der Waals surface area (Å²) in [6.07, 6.45) is 0. The monoisotopic (exact) mass is 418 g/mol. The Labute approximate surface area is 179 Å². The number of aromatic nitrogens is 3. The van der Waals surface area contributed by atoms with Crippen LogP contribution in [0.1, 0.15) is 17.5 Å². The molecule has 0 saturated heterocycles. The molecule has 3 aromatic carbocycles. The first kappa shape index (κ1) is 19.7. The predicted octanol–water partition coefficient (Wildman–Crippen LogP) is 5.24. The average molecular weight is 419 g/mol. The van der Waals surface area contributed by atoms with Crippen molar-refractivity contribution in [1.82, 2.24) is 14.8 Å². The molecule has 30 heavy (non-hydrogen) atoms. The molecule has 6 nitrogen and oxygen atoms in total. The number of nitrogens with zero attached hydrogens (tertiary/aromatic N) is 3. The largest absolute Gasteiger partial charge is 0.494 e. The van der Waals surface area contributed by atoms with Crippen LogP contribution in [0.3, 0.4) is 0 Å². The Hall–Kier alpha value is -3.64. The highest BCUT2D eigenvalue weighted by atomic mass is 35.5. The van der Waals surface area contributed by atoms with E-state index in [1.807, 2.05) is 55.5 Å². The minimum absolute atomic E-state index is 0.0441. The van der Waals surface area contributed by atoms with Crippen molar-refractivity contribution >= 4 is 23.2 Å². The van der Waals surface area contributed by atoms with Gasteiger partial charge >= 0.3 is 0 Å². The lowest BCUT2D eigenvalue weighted by Crippen LogP contribution is -2.14. The van der Waals surface area contributed by atoms with Crippen LogP contribution >= 0.6 is 11.6 Å². The summed E-state index contributed by atoms with van der Waals surface area (Å²) in [5.41, 5.74) is 2.09. The lowest BCUT2D eigenvalue weighted by molar-refractivity contribution is 0.101. The zero-order chi connectivity index (χ0) is 20.9. The Morgan fingerprint density at radius 2 is 1.70 bits per heavy atom. The molecule has 0 atom stereocenters. The molecule has 0 aliphatic carbocycles. The van der Waals surface area contributed by atoms with Crippen LogP contribution in [0.4, 0.5) is 5.69 Å². The molecule has 0 unspecified atom stereocenters. The zero-order valence-corrected chi connectivity index (χ0v) is 17.0. The number of carbonyl (C=O) groups is 1. The minimum Gasteiger partial charge on any atom is -0.494 e. The van der Waals surface area contributed by atoms with Crippen molar-refractivity contribution in [2.75, 3.05) is 11.9 Å². The molecule has 0 saturated carbocycles. The van der Waals surface area contributed by atoms with Crippen molar-refractivity contribution in [3.63, 3.8) is 0 Å². The number of carbonyl (C=O) groups excluding carboxylic acids is 1. The van der Waals surface area contributed by atoms with Gasteiger partial charge in [-0.15, -0.1) is 5.10 Å². The predicted molar refractivity (Wildman–Crippen MR) is 117 cm³/mol. The molecule has 0 fully saturated rings. The van der Waals surface area contributed by atoms with Gasteiger partial charge in [0.1, 0.15) is 5.75 Å². The van der Waals surface area contributed by atoms with Gasteiger partial charge in [-0.25, -0.2) is 9.67 Å². The molecular formula is C23H19ClN4O2. The summed E-state index contributed by atoms with van der Waals surface area (Å²) in [6.45, 7) is 2.50. The Balaban J connectivity index is 1.68. The van der Waals surface area contributed by atoms with E-state index in [1.54, 1.807) is 35.0 Å². The molecule has 0 bridgehead atoms. The Morgan fingerprint density at radius 1 is 1.00 bits per heavy atom. The maximum absolute atomic E-state index is 12.8. The molecule has 0 radical (unpaired) electrons. The van der Waals surface area contributed by atoms with Gasteiger partial charge in [0.2, 0.25) is 5.82 Å². The minimum atomic E-state index is -0.415. The molecule has 4 aromatic rings. The van der Waals surface area contributed by atoms with Crippen LogP contribution in [0.5, 0.6) is 5.75 Å². The van der Waals surface area contributed by atoms with Crippen LogP contribution in [0, 0.1) is 0 Å². The fraction of sp³-hybridized carbons (Fsp3) is 0.0870. The maximum Gasteiger partial charge on any atom is 0.295 e. The summed E-state index contributed by atoms with van der Waals surface area (Å²) in [5.74, 6) is 0.897. The normalized spacial score (nSPS) is 10.6. The number of para-hydroxylation sites is 1. The van der Waals surface area contributed by atoms with Crippen LogP contribution in [-0.2, 0) is 0 Å². The molecule has 4 rings (SSSR count). The van der Waals surface area contributed by atoms with Crippen molar-refractivity contribution in [3.8, 4) is 22.8 Å². The lowest BCUT2D eigenvalue weighted by atomic mass is 10.2. The molecule has 150 valence electrons. The van der Waals surface area contributed by atoms with E-state index in [0.717, 1.165) is 11.3 Å². The van der Waals surface area contributed by atoms with Crippen LogP contribution in [0.15, 0.2) is 78.9 Å². The topological polar surface area (TPSA) is 69.0 Å². The van der Waals surface area contributed by atoms with Crippen molar-refractivity contribution in [2.24, 2.45) is 0 Å². The molecule has 1 aromatic heterocycles. The third-order valence-corrected chi connectivity index (χ3v) is 4.67. The van der Waals surface area contributed by atoms with Gasteiger partial charge in [0, 0.05) is 11.3 Å². The third-order valence-electron chi connectivity index (χ3n) is 4.35. The number of hydrogen-bond donors (Lipinski definition) is 1. The van der Waals surface area contributed by atoms with Gasteiger partial charge in [-0.2, -0.15) is 0 Å². The van der Waals surface area contributed by atoms with Gasteiger partial charge in [-0.3, -0.25) is 4.79 Å². The second-order valence-corrected chi connectivity index (χ2v) is 6.81. The summed E-state index contributed by atoms with van der Waals surface area (Å²) in [4.78, 5) is 17.3. The van der Waals surface area contributed by atoms with E-state index in [1.165, 1.54) is 0 Å². The van der Waals surface area contributed by atoms with Gasteiger partial charge in [0.25, 0.3) is 5.91 Å². The van der Waals surface area contributed by atoms with E-state index in [9.17, 15) is 4.79 Å². The summed E-state index contributed by atoms with van der Waals surface area (Å²) in [5, 5.41) is 7.78. The Kier molecular flexibility index (Phi) is 5.77. The summed E-state index contributed by atoms with van der Waals surface area (Å²) >= 11 is 6.38. The standard InChI is InChI=1S/C23H19ClN4O2/c1-2-30-18-14-12-17(13-15-18)25-23(29)21-26-22(16-8-4-3-5-9-16)28(27-21)20-11-7-6-10-19(20)24/h3-15H,2H2,1H3,(H,25,29). The Morgan fingerprint density at radius 3 is 2.40 bits per heavy atom. The molecular weight excluding hydrogens is 400 g/mol. The average Bonchev–Trinajstić information content (AvgIpc) is 3.22. The number of anilines is 1. The highest BCUT2D eigenvalue weighted by Crippen LogP contribution is 2.26. The van der Waals surface area contributed by atoms with Crippen LogP contribution < -0.4 is 10.1 Å². The smallest absolute Gasteiger partial charge is 0.295 e. The first-order valence-electron chi connectivity index (χ1n) is 9.47. The van der Waals surface area contributed by atoms with Crippen molar-refractivity contribution in [3.05, 3.63) is 89.7 Å². The molecule has 0 spiro atoms. The van der Waals surface area contributed by atoms with Gasteiger partial charge in [-0.1, -0.05) is 54.1 Å². The van der Waals surface area contributed by atoms with E-state index in [4.69, 9.17) is 16.3 Å². The highest BCUT2D eigenvalue weighted by molar-refractivity contribution is 6.32. The third kappa shape index (κ3) is 4.18. The molecule has 1 amide bonds. The SMILES string of the molecule is CCOc1ccc(NC(=O)c2nc(-c3ccccc3)n(-c3ccccc3Cl)n2)cc1. The first-order valence-corrected chi connectivity index (χ1v) is 9.85. The van der Waals surface area contributed by atoms with Gasteiger partial charge < -0.3 is 10.1 Å². The maximum atomic E-state index is 12.8. The van der Waals surface area contributed by atoms with Crippen molar-refractivity contribution in [2.45, 2.75) is 6.92 Å². The van der Waals surface area contributed by atoms with E-state index in [0.29, 0.717) is 28.8 Å². The number of rotatable bonds is 6. The second kappa shape index (κ2) is 8.80. The van der Waals surface area contributed by atoms with Crippen LogP contribution in [0.25, 0.3) is 17.1 Å². The fourth-order valence-corrected chi connectivity index (χ4v) is 3.18. The number of amides is 1. The van der Waals surface area contributed by atoms with Crippen molar-refractivity contribution < 1.29 is 9.53 Å². The van der Waals surface area contributed by atoms with E-state index < -0.39 is 5.91 Å². The van der Waals surface area contributed by atoms with Crippen LogP contribution in [-0.4, -0.2) is 27.3 Å². The summed E-state index contributed by atoms with van der Waals surface area (Å²) in [6, 6.07) is 24.0. The van der Waals surface area contributed by atoms with Crippen molar-refractivity contribution in [1.29, 1.82) is 0 Å². The van der Waals surface area contributed by atoms with Gasteiger partial charge in [0.05, 0.1) is 17.3 Å². The molecule has 0 aliphatic rings. The number of ether oxygens (including phenoxy) is 1. The number of nitrogens with one attached hydrogen (secondary N) is 1. The molecule has 0 aliphatic heterocycles. The number of hydrogen-bond acceptors (Lipinski definition) is 4. The molecule has 1 heterocycles. The Bertz CT molecular complexity index is 1160. The number of benzene rings is 3. The second-order valence-electron chi connectivity index (χ2n) is 6.40. The summed E-state index contributed by atoms with van der Waals surface area (Å²) < 4.78 is 7.01. The highest BCUT2D eigenvalue weighted by Gasteiger charge is 2.20. The molecule has 1 N–H and O–H groups in total.